The molecule has 0 aliphatic carbocycles. The topological polar surface area (TPSA) is 35.3 Å². The Morgan fingerprint density at radius 3 is 2.53 bits per heavy atom. The van der Waals surface area contributed by atoms with Gasteiger partial charge in [-0.3, -0.25) is 0 Å². The lowest BCUT2D eigenvalue weighted by atomic mass is 10.1. The first-order valence-corrected chi connectivity index (χ1v) is 6.84. The summed E-state index contributed by atoms with van der Waals surface area (Å²) in [7, 11) is 1.05. The smallest absolute Gasteiger partial charge is 0.206 e. The maximum absolute atomic E-state index is 13.9. The molecule has 1 aromatic carbocycles. The Kier molecular flexibility index (Phi) is 4.19. The number of aromatic nitrogens is 1. The van der Waals surface area contributed by atoms with E-state index in [9.17, 15) is 13.2 Å². The third-order valence-electron chi connectivity index (χ3n) is 2.31. The molecule has 0 radical (unpaired) electrons. The van der Waals surface area contributed by atoms with Gasteiger partial charge in [-0.15, -0.1) is 0 Å². The van der Waals surface area contributed by atoms with Crippen LogP contribution in [-0.4, -0.2) is 12.1 Å². The van der Waals surface area contributed by atoms with Crippen molar-refractivity contribution in [1.82, 2.24) is 4.98 Å². The van der Waals surface area contributed by atoms with Gasteiger partial charge in [0.1, 0.15) is 0 Å². The number of benzene rings is 1. The van der Waals surface area contributed by atoms with Crippen molar-refractivity contribution in [3.63, 3.8) is 0 Å². The van der Waals surface area contributed by atoms with Crippen LogP contribution in [0.15, 0.2) is 15.1 Å². The third-order valence-corrected chi connectivity index (χ3v) is 3.33. The van der Waals surface area contributed by atoms with E-state index in [1.165, 1.54) is 0 Å². The Bertz CT molecular complexity index is 631. The van der Waals surface area contributed by atoms with E-state index < -0.39 is 23.2 Å². The molecule has 19 heavy (non-hydrogen) atoms. The summed E-state index contributed by atoms with van der Waals surface area (Å²) in [5, 5.41) is 0.286. The van der Waals surface area contributed by atoms with Gasteiger partial charge in [0, 0.05) is 0 Å². The number of hydrogen-bond donors (Lipinski definition) is 0. The van der Waals surface area contributed by atoms with Crippen molar-refractivity contribution in [2.24, 2.45) is 0 Å². The molecule has 8 heteroatoms. The van der Waals surface area contributed by atoms with Gasteiger partial charge in [-0.2, -0.15) is 4.39 Å². The minimum absolute atomic E-state index is 0.0904. The lowest BCUT2D eigenvalue weighted by molar-refractivity contribution is 0.347. The zero-order valence-corrected chi connectivity index (χ0v) is 12.6. The van der Waals surface area contributed by atoms with E-state index in [1.807, 2.05) is 0 Å². The van der Waals surface area contributed by atoms with Crippen molar-refractivity contribution >= 4 is 31.9 Å². The molecule has 0 N–H and O–H groups in total. The molecule has 102 valence electrons. The summed E-state index contributed by atoms with van der Waals surface area (Å²) in [6, 6.07) is 0.792. The molecule has 1 aromatic heterocycles. The number of hydrogen-bond acceptors (Lipinski definition) is 3. The van der Waals surface area contributed by atoms with Gasteiger partial charge in [-0.1, -0.05) is 15.9 Å². The first-order valence-electron chi connectivity index (χ1n) is 4.92. The van der Waals surface area contributed by atoms with Crippen molar-refractivity contribution in [3.05, 3.63) is 34.0 Å². The molecule has 2 aromatic rings. The molecule has 2 rings (SSSR count). The van der Waals surface area contributed by atoms with E-state index in [0.29, 0.717) is 0 Å². The van der Waals surface area contributed by atoms with Crippen LogP contribution in [0.4, 0.5) is 13.2 Å². The quantitative estimate of drug-likeness (QED) is 0.565. The highest BCUT2D eigenvalue weighted by atomic mass is 79.9. The van der Waals surface area contributed by atoms with Crippen LogP contribution in [0.3, 0.4) is 0 Å². The molecular formula is C11H6Br2F3NO2. The van der Waals surface area contributed by atoms with Crippen LogP contribution >= 0.6 is 31.9 Å². The summed E-state index contributed by atoms with van der Waals surface area (Å²) in [4.78, 5) is 3.91. The van der Waals surface area contributed by atoms with Crippen molar-refractivity contribution < 1.29 is 22.3 Å². The Balaban J connectivity index is 2.66. The maximum atomic E-state index is 13.9. The van der Waals surface area contributed by atoms with Crippen LogP contribution in [0, 0.1) is 17.5 Å². The van der Waals surface area contributed by atoms with E-state index >= 15 is 0 Å². The lowest BCUT2D eigenvalue weighted by Gasteiger charge is -2.07. The van der Waals surface area contributed by atoms with Crippen molar-refractivity contribution in [3.8, 4) is 17.1 Å². The summed E-state index contributed by atoms with van der Waals surface area (Å²) in [6.07, 6.45) is 0. The van der Waals surface area contributed by atoms with Gasteiger partial charge in [0.05, 0.1) is 18.0 Å². The Morgan fingerprint density at radius 1 is 1.32 bits per heavy atom. The molecule has 0 saturated heterocycles. The number of halogens is 5. The molecule has 1 heterocycles. The molecule has 0 spiro atoms. The minimum Gasteiger partial charge on any atom is -0.491 e. The van der Waals surface area contributed by atoms with Crippen molar-refractivity contribution in [2.75, 3.05) is 7.11 Å². The second kappa shape index (κ2) is 5.54. The van der Waals surface area contributed by atoms with Crippen molar-refractivity contribution in [1.29, 1.82) is 0 Å². The van der Waals surface area contributed by atoms with Gasteiger partial charge in [-0.05, 0) is 22.0 Å². The molecular weight excluding hydrogens is 395 g/mol. The summed E-state index contributed by atoms with van der Waals surface area (Å²) < 4.78 is 50.8. The summed E-state index contributed by atoms with van der Waals surface area (Å²) >= 11 is 6.15. The van der Waals surface area contributed by atoms with Crippen molar-refractivity contribution in [2.45, 2.75) is 5.33 Å². The highest BCUT2D eigenvalue weighted by Crippen LogP contribution is 2.36. The zero-order valence-electron chi connectivity index (χ0n) is 9.44. The van der Waals surface area contributed by atoms with E-state index in [-0.39, 0.29) is 27.1 Å². The van der Waals surface area contributed by atoms with Gasteiger partial charge in [-0.25, -0.2) is 13.8 Å². The first-order chi connectivity index (χ1) is 8.99. The Hall–Kier alpha value is -1.02. The fourth-order valence-electron chi connectivity index (χ4n) is 1.50. The predicted molar refractivity (Wildman–Crippen MR) is 68.7 cm³/mol. The van der Waals surface area contributed by atoms with Crippen LogP contribution < -0.4 is 4.74 Å². The molecule has 0 amide bonds. The van der Waals surface area contributed by atoms with Gasteiger partial charge in [0.25, 0.3) is 0 Å². The van der Waals surface area contributed by atoms with E-state index in [1.54, 1.807) is 0 Å². The van der Waals surface area contributed by atoms with Crippen LogP contribution in [0.2, 0.25) is 0 Å². The Labute approximate surface area is 123 Å². The standard InChI is InChI=1S/C11H6Br2F3NO2/c1-18-10-5(14)2-4(7(15)8(10)16)9-11(13)17-6(3-12)19-9/h2H,3H2,1H3. The Morgan fingerprint density at radius 2 is 2.00 bits per heavy atom. The van der Waals surface area contributed by atoms with Crippen LogP contribution in [0.1, 0.15) is 5.89 Å². The third kappa shape index (κ3) is 2.51. The average molecular weight is 401 g/mol. The van der Waals surface area contributed by atoms with Gasteiger partial charge >= 0.3 is 0 Å². The van der Waals surface area contributed by atoms with Crippen LogP contribution in [-0.2, 0) is 5.33 Å². The largest absolute Gasteiger partial charge is 0.491 e. The number of nitrogens with zero attached hydrogens (tertiary/aromatic N) is 1. The predicted octanol–water partition coefficient (Wildman–Crippen LogP) is 4.42. The first kappa shape index (κ1) is 14.4. The second-order valence-electron chi connectivity index (χ2n) is 3.43. The van der Waals surface area contributed by atoms with Crippen LogP contribution in [0.5, 0.6) is 5.75 Å². The molecule has 0 aliphatic heterocycles. The van der Waals surface area contributed by atoms with Gasteiger partial charge in [0.15, 0.2) is 27.7 Å². The zero-order chi connectivity index (χ0) is 14.2. The van der Waals surface area contributed by atoms with E-state index in [0.717, 1.165) is 13.2 Å². The molecule has 0 saturated carbocycles. The number of alkyl halides is 1. The fraction of sp³-hybridized carbons (Fsp3) is 0.182. The summed E-state index contributed by atoms with van der Waals surface area (Å²) in [5.74, 6) is -4.33. The number of methoxy groups -OCH3 is 1. The average Bonchev–Trinajstić information content (AvgIpc) is 2.76. The second-order valence-corrected chi connectivity index (χ2v) is 4.74. The summed E-state index contributed by atoms with van der Waals surface area (Å²) in [5.41, 5.74) is -0.373. The molecule has 0 aliphatic rings. The number of ether oxygens (including phenoxy) is 1. The monoisotopic (exact) mass is 399 g/mol. The van der Waals surface area contributed by atoms with Gasteiger partial charge < -0.3 is 9.15 Å². The molecule has 0 atom stereocenters. The molecule has 0 bridgehead atoms. The minimum atomic E-state index is -1.42. The molecule has 3 nitrogen and oxygen atoms in total. The molecule has 0 unspecified atom stereocenters. The summed E-state index contributed by atoms with van der Waals surface area (Å²) in [6.45, 7) is 0. The number of rotatable bonds is 3. The highest BCUT2D eigenvalue weighted by Gasteiger charge is 2.24. The normalized spacial score (nSPS) is 10.8. The van der Waals surface area contributed by atoms with Crippen LogP contribution in [0.25, 0.3) is 11.3 Å². The SMILES string of the molecule is COc1c(F)cc(-c2oc(CBr)nc2Br)c(F)c1F. The maximum Gasteiger partial charge on any atom is 0.206 e. The van der Waals surface area contributed by atoms with Gasteiger partial charge in [0.2, 0.25) is 11.7 Å². The number of oxazole rings is 1. The fourth-order valence-corrected chi connectivity index (χ4v) is 2.23. The lowest BCUT2D eigenvalue weighted by Crippen LogP contribution is -1.98. The highest BCUT2D eigenvalue weighted by molar-refractivity contribution is 9.10. The molecule has 0 fully saturated rings. The van der Waals surface area contributed by atoms with E-state index in [2.05, 4.69) is 41.6 Å². The van der Waals surface area contributed by atoms with E-state index in [4.69, 9.17) is 4.42 Å².